The van der Waals surface area contributed by atoms with Crippen molar-refractivity contribution < 1.29 is 9.59 Å². The van der Waals surface area contributed by atoms with Gasteiger partial charge in [-0.15, -0.1) is 11.8 Å². The fraction of sp³-hybridized carbons (Fsp3) is 0.316. The molecule has 5 nitrogen and oxygen atoms in total. The molecule has 1 aliphatic rings. The van der Waals surface area contributed by atoms with Gasteiger partial charge in [0.15, 0.2) is 0 Å². The van der Waals surface area contributed by atoms with Crippen molar-refractivity contribution in [3.05, 3.63) is 65.5 Å². The summed E-state index contributed by atoms with van der Waals surface area (Å²) in [6, 6.07) is 12.0. The summed E-state index contributed by atoms with van der Waals surface area (Å²) in [7, 11) is 0. The van der Waals surface area contributed by atoms with Gasteiger partial charge < -0.3 is 10.2 Å². The van der Waals surface area contributed by atoms with Gasteiger partial charge in [-0.1, -0.05) is 35.9 Å². The lowest BCUT2D eigenvalue weighted by atomic mass is 10.1. The van der Waals surface area contributed by atoms with Gasteiger partial charge in [0.1, 0.15) is 5.37 Å². The molecule has 130 valence electrons. The molecule has 0 radical (unpaired) electrons. The quantitative estimate of drug-likeness (QED) is 0.865. The molecule has 0 bridgehead atoms. The molecule has 3 rings (SSSR count). The number of thioether (sulfide) groups is 1. The zero-order chi connectivity index (χ0) is 17.6. The highest BCUT2D eigenvalue weighted by atomic mass is 32.2. The maximum Gasteiger partial charge on any atom is 0.233 e. The molecule has 0 aliphatic carbocycles. The summed E-state index contributed by atoms with van der Waals surface area (Å²) in [6.07, 6.45) is 3.73. The van der Waals surface area contributed by atoms with E-state index in [-0.39, 0.29) is 17.2 Å². The maximum absolute atomic E-state index is 12.2. The molecule has 6 heteroatoms. The molecular weight excluding hydrogens is 334 g/mol. The van der Waals surface area contributed by atoms with Gasteiger partial charge in [-0.25, -0.2) is 0 Å². The van der Waals surface area contributed by atoms with Gasteiger partial charge in [0.25, 0.3) is 0 Å². The van der Waals surface area contributed by atoms with Crippen molar-refractivity contribution in [2.45, 2.75) is 25.3 Å². The standard InChI is InChI=1S/C19H21N3O2S/c1-14-4-6-16(7-5-14)19-22(18(24)13-25-19)10-8-17(23)21-12-15-3-2-9-20-11-15/h2-7,9,11,19H,8,10,12-13H2,1H3,(H,21,23). The minimum Gasteiger partial charge on any atom is -0.352 e. The van der Waals surface area contributed by atoms with Gasteiger partial charge >= 0.3 is 0 Å². The third kappa shape index (κ3) is 4.60. The Morgan fingerprint density at radius 3 is 2.84 bits per heavy atom. The lowest BCUT2D eigenvalue weighted by molar-refractivity contribution is -0.129. The van der Waals surface area contributed by atoms with Crippen LogP contribution in [0, 0.1) is 6.92 Å². The Morgan fingerprint density at radius 1 is 1.32 bits per heavy atom. The van der Waals surface area contributed by atoms with Crippen molar-refractivity contribution in [2.75, 3.05) is 12.3 Å². The number of rotatable bonds is 6. The van der Waals surface area contributed by atoms with E-state index in [1.165, 1.54) is 5.56 Å². The first kappa shape index (κ1) is 17.5. The molecule has 1 saturated heterocycles. The van der Waals surface area contributed by atoms with Gasteiger partial charge in [-0.2, -0.15) is 0 Å². The molecule has 1 aromatic heterocycles. The molecular formula is C19H21N3O2S. The Bertz CT molecular complexity index is 734. The van der Waals surface area contributed by atoms with E-state index in [1.807, 2.05) is 19.1 Å². The topological polar surface area (TPSA) is 62.3 Å². The number of hydrogen-bond donors (Lipinski definition) is 1. The molecule has 0 saturated carbocycles. The van der Waals surface area contributed by atoms with E-state index in [1.54, 1.807) is 29.1 Å². The highest BCUT2D eigenvalue weighted by Crippen LogP contribution is 2.38. The Hall–Kier alpha value is -2.34. The highest BCUT2D eigenvalue weighted by molar-refractivity contribution is 8.00. The second kappa shape index (κ2) is 8.16. The van der Waals surface area contributed by atoms with Crippen LogP contribution in [0.5, 0.6) is 0 Å². The van der Waals surface area contributed by atoms with E-state index in [0.717, 1.165) is 11.1 Å². The molecule has 1 fully saturated rings. The van der Waals surface area contributed by atoms with Crippen molar-refractivity contribution in [2.24, 2.45) is 0 Å². The average molecular weight is 355 g/mol. The van der Waals surface area contributed by atoms with Crippen LogP contribution in [0.1, 0.15) is 28.5 Å². The van der Waals surface area contributed by atoms with Gasteiger partial charge in [0, 0.05) is 31.9 Å². The van der Waals surface area contributed by atoms with Crippen LogP contribution < -0.4 is 5.32 Å². The number of hydrogen-bond acceptors (Lipinski definition) is 4. The molecule has 1 aliphatic heterocycles. The van der Waals surface area contributed by atoms with Gasteiger partial charge in [0.2, 0.25) is 11.8 Å². The maximum atomic E-state index is 12.2. The van der Waals surface area contributed by atoms with E-state index in [4.69, 9.17) is 0 Å². The Morgan fingerprint density at radius 2 is 2.12 bits per heavy atom. The molecule has 1 unspecified atom stereocenters. The number of pyridine rings is 1. The van der Waals surface area contributed by atoms with Crippen molar-refractivity contribution in [3.63, 3.8) is 0 Å². The Balaban J connectivity index is 1.54. The second-order valence-electron chi connectivity index (χ2n) is 6.05. The van der Waals surface area contributed by atoms with Crippen LogP contribution >= 0.6 is 11.8 Å². The first-order chi connectivity index (χ1) is 12.1. The molecule has 1 N–H and O–H groups in total. The molecule has 2 amide bonds. The Labute approximate surface area is 151 Å². The third-order valence-corrected chi connectivity index (χ3v) is 5.38. The largest absolute Gasteiger partial charge is 0.352 e. The molecule has 25 heavy (non-hydrogen) atoms. The summed E-state index contributed by atoms with van der Waals surface area (Å²) in [5, 5.41) is 2.88. The van der Waals surface area contributed by atoms with E-state index < -0.39 is 0 Å². The number of nitrogens with zero attached hydrogens (tertiary/aromatic N) is 2. The van der Waals surface area contributed by atoms with Crippen molar-refractivity contribution in [3.8, 4) is 0 Å². The average Bonchev–Trinajstić information content (AvgIpc) is 3.00. The minimum absolute atomic E-state index is 0.000719. The highest BCUT2D eigenvalue weighted by Gasteiger charge is 2.32. The van der Waals surface area contributed by atoms with Crippen LogP contribution in [0.3, 0.4) is 0 Å². The van der Waals surface area contributed by atoms with E-state index in [0.29, 0.717) is 25.3 Å². The van der Waals surface area contributed by atoms with Gasteiger partial charge in [-0.05, 0) is 24.1 Å². The third-order valence-electron chi connectivity index (χ3n) is 4.12. The number of aryl methyl sites for hydroxylation is 1. The van der Waals surface area contributed by atoms with E-state index in [2.05, 4.69) is 34.6 Å². The fourth-order valence-corrected chi connectivity index (χ4v) is 3.94. The van der Waals surface area contributed by atoms with Crippen molar-refractivity contribution in [1.82, 2.24) is 15.2 Å². The molecule has 0 spiro atoms. The predicted octanol–water partition coefficient (Wildman–Crippen LogP) is 2.67. The monoisotopic (exact) mass is 355 g/mol. The lowest BCUT2D eigenvalue weighted by Gasteiger charge is -2.24. The SMILES string of the molecule is Cc1ccc(C2SCC(=O)N2CCC(=O)NCc2cccnc2)cc1. The summed E-state index contributed by atoms with van der Waals surface area (Å²) in [4.78, 5) is 30.1. The zero-order valence-electron chi connectivity index (χ0n) is 14.1. The van der Waals surface area contributed by atoms with Crippen molar-refractivity contribution >= 4 is 23.6 Å². The smallest absolute Gasteiger partial charge is 0.233 e. The molecule has 1 atom stereocenters. The summed E-state index contributed by atoms with van der Waals surface area (Å²) < 4.78 is 0. The van der Waals surface area contributed by atoms with Gasteiger partial charge in [-0.3, -0.25) is 14.6 Å². The number of nitrogens with one attached hydrogen (secondary N) is 1. The summed E-state index contributed by atoms with van der Waals surface area (Å²) in [5.74, 6) is 0.502. The first-order valence-electron chi connectivity index (χ1n) is 8.27. The van der Waals surface area contributed by atoms with E-state index in [9.17, 15) is 9.59 Å². The molecule has 1 aromatic carbocycles. The van der Waals surface area contributed by atoms with Crippen LogP contribution in [-0.4, -0.2) is 34.0 Å². The van der Waals surface area contributed by atoms with Crippen LogP contribution in [-0.2, 0) is 16.1 Å². The van der Waals surface area contributed by atoms with Crippen LogP contribution in [0.25, 0.3) is 0 Å². The molecule has 2 heterocycles. The number of aromatic nitrogens is 1. The number of amides is 2. The zero-order valence-corrected chi connectivity index (χ0v) is 15.0. The minimum atomic E-state index is -0.0591. The number of carbonyl (C=O) groups excluding carboxylic acids is 2. The predicted molar refractivity (Wildman–Crippen MR) is 98.8 cm³/mol. The number of benzene rings is 1. The summed E-state index contributed by atoms with van der Waals surface area (Å²) in [6.45, 7) is 2.93. The summed E-state index contributed by atoms with van der Waals surface area (Å²) in [5.41, 5.74) is 3.26. The second-order valence-corrected chi connectivity index (χ2v) is 7.12. The van der Waals surface area contributed by atoms with Gasteiger partial charge in [0.05, 0.1) is 5.75 Å². The van der Waals surface area contributed by atoms with Crippen molar-refractivity contribution in [1.29, 1.82) is 0 Å². The van der Waals surface area contributed by atoms with Crippen LogP contribution in [0.2, 0.25) is 0 Å². The normalized spacial score (nSPS) is 16.9. The first-order valence-corrected chi connectivity index (χ1v) is 9.31. The molecule has 2 aromatic rings. The fourth-order valence-electron chi connectivity index (χ4n) is 2.72. The van der Waals surface area contributed by atoms with Crippen LogP contribution in [0.4, 0.5) is 0 Å². The Kier molecular flexibility index (Phi) is 5.71. The van der Waals surface area contributed by atoms with Crippen LogP contribution in [0.15, 0.2) is 48.8 Å². The van der Waals surface area contributed by atoms with E-state index >= 15 is 0 Å². The lowest BCUT2D eigenvalue weighted by Crippen LogP contribution is -2.33. The summed E-state index contributed by atoms with van der Waals surface area (Å²) >= 11 is 1.62. The number of carbonyl (C=O) groups is 2.